The fraction of sp³-hybridized carbons (Fsp3) is 0.0606. The molecule has 0 amide bonds. The fourth-order valence-corrected chi connectivity index (χ4v) is 4.16. The van der Waals surface area contributed by atoms with Gasteiger partial charge in [0.1, 0.15) is 18.1 Å². The number of rotatable bonds is 8. The van der Waals surface area contributed by atoms with Crippen LogP contribution in [0.1, 0.15) is 21.5 Å². The van der Waals surface area contributed by atoms with Crippen LogP contribution in [0.5, 0.6) is 11.5 Å². The van der Waals surface area contributed by atoms with E-state index in [-0.39, 0.29) is 5.78 Å². The van der Waals surface area contributed by atoms with E-state index in [0.717, 1.165) is 39.0 Å². The van der Waals surface area contributed by atoms with Crippen LogP contribution in [-0.4, -0.2) is 12.9 Å². The summed E-state index contributed by atoms with van der Waals surface area (Å²) < 4.78 is 11.6. The summed E-state index contributed by atoms with van der Waals surface area (Å²) in [6, 6.07) is 37.9. The first kappa shape index (κ1) is 23.1. The second kappa shape index (κ2) is 10.7. The first-order valence-corrected chi connectivity index (χ1v) is 11.9. The van der Waals surface area contributed by atoms with Gasteiger partial charge in [-0.25, -0.2) is 0 Å². The highest BCUT2D eigenvalue weighted by molar-refractivity contribution is 6.08. The van der Waals surface area contributed by atoms with E-state index < -0.39 is 0 Å². The number of methoxy groups -OCH3 is 1. The molecule has 0 aliphatic heterocycles. The number of allylic oxidation sites excluding steroid dienone is 1. The number of fused-ring (bicyclic) bond motifs is 1. The number of carbonyl (C=O) groups excluding carboxylic acids is 1. The number of hydrogen-bond acceptors (Lipinski definition) is 3. The van der Waals surface area contributed by atoms with E-state index in [1.54, 1.807) is 13.2 Å². The molecule has 0 spiro atoms. The van der Waals surface area contributed by atoms with Crippen molar-refractivity contribution in [1.82, 2.24) is 0 Å². The molecule has 5 aromatic rings. The highest BCUT2D eigenvalue weighted by atomic mass is 16.5. The monoisotopic (exact) mass is 470 g/mol. The molecule has 5 aromatic carbocycles. The van der Waals surface area contributed by atoms with Crippen LogP contribution in [0.25, 0.3) is 28.0 Å². The van der Waals surface area contributed by atoms with Crippen LogP contribution in [0.15, 0.2) is 121 Å². The van der Waals surface area contributed by atoms with Gasteiger partial charge in [-0.2, -0.15) is 0 Å². The van der Waals surface area contributed by atoms with Crippen LogP contribution >= 0.6 is 0 Å². The van der Waals surface area contributed by atoms with Crippen LogP contribution < -0.4 is 9.47 Å². The quantitative estimate of drug-likeness (QED) is 0.170. The van der Waals surface area contributed by atoms with Gasteiger partial charge >= 0.3 is 0 Å². The SMILES string of the molecule is COc1ccc(/C=C/C(=O)c2ccc3ccccc3c2)cc1COc1ccc(-c2ccccc2)cc1. The maximum absolute atomic E-state index is 12.8. The normalized spacial score (nSPS) is 11.0. The molecule has 0 fully saturated rings. The van der Waals surface area contributed by atoms with E-state index in [1.807, 2.05) is 97.1 Å². The van der Waals surface area contributed by atoms with E-state index in [4.69, 9.17) is 9.47 Å². The molecular formula is C33H26O3. The third kappa shape index (κ3) is 5.37. The van der Waals surface area contributed by atoms with Crippen molar-refractivity contribution in [3.63, 3.8) is 0 Å². The van der Waals surface area contributed by atoms with Crippen LogP contribution in [0.4, 0.5) is 0 Å². The molecule has 0 radical (unpaired) electrons. The first-order chi connectivity index (χ1) is 17.7. The molecule has 176 valence electrons. The fourth-order valence-electron chi connectivity index (χ4n) is 4.16. The van der Waals surface area contributed by atoms with Gasteiger partial charge in [0.2, 0.25) is 0 Å². The number of hydrogen-bond donors (Lipinski definition) is 0. The summed E-state index contributed by atoms with van der Waals surface area (Å²) in [5.74, 6) is 1.49. The standard InChI is InChI=1S/C33H26O3/c1-35-33-20-12-24(11-19-32(34)29-14-13-26-9-5-6-10-28(26)22-29)21-30(33)23-36-31-17-15-27(16-18-31)25-7-3-2-4-8-25/h2-22H,23H2,1H3/b19-11+. The second-order valence-corrected chi connectivity index (χ2v) is 8.51. The molecule has 3 heteroatoms. The molecule has 0 saturated heterocycles. The minimum Gasteiger partial charge on any atom is -0.496 e. The van der Waals surface area contributed by atoms with Gasteiger partial charge in [0, 0.05) is 11.1 Å². The Kier molecular flexibility index (Phi) is 6.90. The van der Waals surface area contributed by atoms with E-state index >= 15 is 0 Å². The van der Waals surface area contributed by atoms with Crippen LogP contribution in [0.3, 0.4) is 0 Å². The van der Waals surface area contributed by atoms with E-state index in [0.29, 0.717) is 12.2 Å². The average molecular weight is 471 g/mol. The third-order valence-corrected chi connectivity index (χ3v) is 6.12. The Balaban J connectivity index is 1.28. The zero-order valence-electron chi connectivity index (χ0n) is 20.1. The molecule has 0 saturated carbocycles. The van der Waals surface area contributed by atoms with Crippen molar-refractivity contribution in [1.29, 1.82) is 0 Å². The molecule has 0 heterocycles. The summed E-state index contributed by atoms with van der Waals surface area (Å²) in [5, 5.41) is 2.17. The van der Waals surface area contributed by atoms with Crippen LogP contribution in [0, 0.1) is 0 Å². The molecule has 0 aliphatic carbocycles. The second-order valence-electron chi connectivity index (χ2n) is 8.51. The van der Waals surface area contributed by atoms with Gasteiger partial charge in [0.25, 0.3) is 0 Å². The Labute approximate surface area is 211 Å². The Morgan fingerprint density at radius 1 is 0.722 bits per heavy atom. The van der Waals surface area contributed by atoms with Gasteiger partial charge in [-0.15, -0.1) is 0 Å². The number of ketones is 1. The summed E-state index contributed by atoms with van der Waals surface area (Å²) >= 11 is 0. The molecule has 0 N–H and O–H groups in total. The minimum absolute atomic E-state index is 0.0344. The average Bonchev–Trinajstić information content (AvgIpc) is 2.95. The van der Waals surface area contributed by atoms with Crippen LogP contribution in [-0.2, 0) is 6.61 Å². The maximum atomic E-state index is 12.8. The lowest BCUT2D eigenvalue weighted by atomic mass is 10.0. The third-order valence-electron chi connectivity index (χ3n) is 6.12. The zero-order chi connectivity index (χ0) is 24.7. The molecule has 0 atom stereocenters. The molecule has 3 nitrogen and oxygen atoms in total. The molecule has 0 unspecified atom stereocenters. The highest BCUT2D eigenvalue weighted by Crippen LogP contribution is 2.26. The van der Waals surface area contributed by atoms with Crippen molar-refractivity contribution in [3.8, 4) is 22.6 Å². The van der Waals surface area contributed by atoms with Gasteiger partial charge in [-0.1, -0.05) is 91.0 Å². The van der Waals surface area contributed by atoms with Crippen molar-refractivity contribution in [2.45, 2.75) is 6.61 Å². The van der Waals surface area contributed by atoms with Crippen molar-refractivity contribution in [3.05, 3.63) is 138 Å². The van der Waals surface area contributed by atoms with Gasteiger partial charge < -0.3 is 9.47 Å². The lowest BCUT2D eigenvalue weighted by molar-refractivity contribution is 0.104. The van der Waals surface area contributed by atoms with Crippen molar-refractivity contribution < 1.29 is 14.3 Å². The highest BCUT2D eigenvalue weighted by Gasteiger charge is 2.07. The van der Waals surface area contributed by atoms with Crippen LogP contribution in [0.2, 0.25) is 0 Å². The van der Waals surface area contributed by atoms with E-state index in [1.165, 1.54) is 5.56 Å². The summed E-state index contributed by atoms with van der Waals surface area (Å²) in [6.45, 7) is 0.355. The van der Waals surface area contributed by atoms with E-state index in [9.17, 15) is 4.79 Å². The zero-order valence-corrected chi connectivity index (χ0v) is 20.1. The van der Waals surface area contributed by atoms with Gasteiger partial charge in [-0.3, -0.25) is 4.79 Å². The number of carbonyl (C=O) groups is 1. The Morgan fingerprint density at radius 2 is 1.44 bits per heavy atom. The largest absolute Gasteiger partial charge is 0.496 e. The van der Waals surface area contributed by atoms with Gasteiger partial charge in [-0.05, 0) is 63.9 Å². The van der Waals surface area contributed by atoms with Gasteiger partial charge in [0.05, 0.1) is 7.11 Å². The molecule has 0 bridgehead atoms. The smallest absolute Gasteiger partial charge is 0.185 e. The lowest BCUT2D eigenvalue weighted by Gasteiger charge is -2.12. The maximum Gasteiger partial charge on any atom is 0.185 e. The summed E-state index contributed by atoms with van der Waals surface area (Å²) in [5.41, 5.74) is 4.79. The summed E-state index contributed by atoms with van der Waals surface area (Å²) in [7, 11) is 1.65. The minimum atomic E-state index is -0.0344. The predicted molar refractivity (Wildman–Crippen MR) is 147 cm³/mol. The lowest BCUT2D eigenvalue weighted by Crippen LogP contribution is -1.99. The Hall–Kier alpha value is -4.63. The Bertz CT molecular complexity index is 1520. The molecule has 0 aliphatic rings. The predicted octanol–water partition coefficient (Wildman–Crippen LogP) is 7.99. The summed E-state index contributed by atoms with van der Waals surface area (Å²) in [4.78, 5) is 12.8. The van der Waals surface area contributed by atoms with E-state index in [2.05, 4.69) is 24.3 Å². The molecule has 5 rings (SSSR count). The first-order valence-electron chi connectivity index (χ1n) is 11.9. The molecule has 36 heavy (non-hydrogen) atoms. The number of benzene rings is 5. The molecule has 0 aromatic heterocycles. The number of ether oxygens (including phenoxy) is 2. The van der Waals surface area contributed by atoms with Crippen molar-refractivity contribution >= 4 is 22.6 Å². The summed E-state index contributed by atoms with van der Waals surface area (Å²) in [6.07, 6.45) is 3.44. The topological polar surface area (TPSA) is 35.5 Å². The van der Waals surface area contributed by atoms with Gasteiger partial charge in [0.15, 0.2) is 5.78 Å². The molecular weight excluding hydrogens is 444 g/mol. The Morgan fingerprint density at radius 3 is 2.22 bits per heavy atom. The van der Waals surface area contributed by atoms with Crippen molar-refractivity contribution in [2.75, 3.05) is 7.11 Å². The van der Waals surface area contributed by atoms with Crippen molar-refractivity contribution in [2.24, 2.45) is 0 Å².